The molecule has 0 aliphatic heterocycles. The van der Waals surface area contributed by atoms with Crippen molar-refractivity contribution in [1.29, 1.82) is 10.8 Å². The predicted molar refractivity (Wildman–Crippen MR) is 123 cm³/mol. The third-order valence-electron chi connectivity index (χ3n) is 7.93. The summed E-state index contributed by atoms with van der Waals surface area (Å²) in [6.07, 6.45) is 32.3. The molecule has 0 radical (unpaired) electrons. The van der Waals surface area contributed by atoms with Crippen molar-refractivity contribution in [2.45, 2.75) is 128 Å². The third-order valence-corrected chi connectivity index (χ3v) is 7.93. The van der Waals surface area contributed by atoms with Crippen molar-refractivity contribution in [3.8, 4) is 0 Å². The second-order valence-electron chi connectivity index (χ2n) is 9.80. The fraction of sp³-hybridized carbons (Fsp3) is 0.923. The highest BCUT2D eigenvalue weighted by molar-refractivity contribution is 5.26. The topological polar surface area (TPSA) is 81.8 Å². The summed E-state index contributed by atoms with van der Waals surface area (Å²) < 4.78 is 0. The molecule has 0 spiro atoms. The summed E-state index contributed by atoms with van der Waals surface area (Å²) in [5.41, 5.74) is 0. The van der Waals surface area contributed by atoms with Crippen molar-refractivity contribution in [1.82, 2.24) is 0 Å². The van der Waals surface area contributed by atoms with E-state index >= 15 is 0 Å². The first-order chi connectivity index (χ1) is 14.8. The lowest BCUT2D eigenvalue weighted by Gasteiger charge is -2.32. The summed E-state index contributed by atoms with van der Waals surface area (Å²) in [6.45, 7) is 0. The highest BCUT2D eigenvalue weighted by atomic mass is 16.1. The minimum Gasteiger partial charge on any atom is -0.222 e. The Morgan fingerprint density at radius 1 is 0.367 bits per heavy atom. The van der Waals surface area contributed by atoms with Crippen LogP contribution in [0.4, 0.5) is 0 Å². The summed E-state index contributed by atoms with van der Waals surface area (Å²) in [4.78, 5) is 16.7. The molecule has 4 aliphatic rings. The summed E-state index contributed by atoms with van der Waals surface area (Å²) in [7, 11) is 0. The largest absolute Gasteiger partial charge is 0.231 e. The molecule has 0 amide bonds. The number of hydrogen-bond acceptors (Lipinski definition) is 4. The molecule has 4 aliphatic carbocycles. The molecule has 4 saturated carbocycles. The SMILES string of the molecule is C1CCC(C2CCCCC2)CC1.C1CCC(C2CCCCC2)CC1.N=C=O.N=C=O. The van der Waals surface area contributed by atoms with Crippen LogP contribution in [0.3, 0.4) is 0 Å². The van der Waals surface area contributed by atoms with E-state index in [1.165, 1.54) is 77.0 Å². The standard InChI is InChI=1S/2C12H22.2CHNO/c2*1-3-7-11(8-4-1)12-9-5-2-6-10-12;2*2-1-3/h2*11-12H,1-10H2;2*2H. The minimum atomic E-state index is 0.750. The summed E-state index contributed by atoms with van der Waals surface area (Å²) >= 11 is 0. The fourth-order valence-electron chi connectivity index (χ4n) is 6.42. The van der Waals surface area contributed by atoms with E-state index < -0.39 is 0 Å². The quantitative estimate of drug-likeness (QED) is 0.351. The van der Waals surface area contributed by atoms with Gasteiger partial charge in [-0.3, -0.25) is 0 Å². The van der Waals surface area contributed by atoms with E-state index in [9.17, 15) is 0 Å². The predicted octanol–water partition coefficient (Wildman–Crippen LogP) is 8.10. The maximum atomic E-state index is 8.35. The molecule has 0 bridgehead atoms. The van der Waals surface area contributed by atoms with Crippen LogP contribution in [-0.4, -0.2) is 12.2 Å². The Hall–Kier alpha value is -1.24. The van der Waals surface area contributed by atoms with Gasteiger partial charge in [-0.15, -0.1) is 0 Å². The Kier molecular flexibility index (Phi) is 16.5. The Morgan fingerprint density at radius 3 is 0.633 bits per heavy atom. The molecule has 2 N–H and O–H groups in total. The van der Waals surface area contributed by atoms with Gasteiger partial charge < -0.3 is 0 Å². The third kappa shape index (κ3) is 11.8. The molecule has 0 atom stereocenters. The zero-order valence-electron chi connectivity index (χ0n) is 19.3. The van der Waals surface area contributed by atoms with Gasteiger partial charge in [-0.25, -0.2) is 20.4 Å². The van der Waals surface area contributed by atoms with Gasteiger partial charge in [0.1, 0.15) is 0 Å². The first-order valence-electron chi connectivity index (χ1n) is 12.8. The summed E-state index contributed by atoms with van der Waals surface area (Å²) in [5, 5.41) is 10.8. The van der Waals surface area contributed by atoms with Crippen LogP contribution >= 0.6 is 0 Å². The highest BCUT2D eigenvalue weighted by Crippen LogP contribution is 2.38. The van der Waals surface area contributed by atoms with Gasteiger partial charge in [0, 0.05) is 0 Å². The lowest BCUT2D eigenvalue weighted by molar-refractivity contribution is 0.196. The van der Waals surface area contributed by atoms with Gasteiger partial charge in [0.2, 0.25) is 12.2 Å². The summed E-state index contributed by atoms with van der Waals surface area (Å²) in [5.74, 6) is 4.55. The second kappa shape index (κ2) is 18.5. The molecule has 4 fully saturated rings. The van der Waals surface area contributed by atoms with E-state index in [4.69, 9.17) is 20.4 Å². The Morgan fingerprint density at radius 2 is 0.500 bits per heavy atom. The Labute approximate surface area is 185 Å². The number of hydrogen-bond donors (Lipinski definition) is 2. The van der Waals surface area contributed by atoms with Crippen LogP contribution in [0.1, 0.15) is 128 Å². The highest BCUT2D eigenvalue weighted by Gasteiger charge is 2.25. The van der Waals surface area contributed by atoms with E-state index in [1.807, 2.05) is 0 Å². The van der Waals surface area contributed by atoms with Crippen molar-refractivity contribution >= 4 is 12.2 Å². The van der Waals surface area contributed by atoms with Crippen LogP contribution in [0.5, 0.6) is 0 Å². The van der Waals surface area contributed by atoms with Gasteiger partial charge >= 0.3 is 0 Å². The van der Waals surface area contributed by atoms with Gasteiger partial charge in [0.25, 0.3) is 0 Å². The Bertz CT molecular complexity index is 381. The molecule has 0 aromatic carbocycles. The van der Waals surface area contributed by atoms with Crippen LogP contribution in [-0.2, 0) is 9.59 Å². The number of isocyanates is 2. The van der Waals surface area contributed by atoms with E-state index in [2.05, 4.69) is 0 Å². The zero-order chi connectivity index (χ0) is 21.9. The van der Waals surface area contributed by atoms with Gasteiger partial charge in [-0.1, -0.05) is 128 Å². The summed E-state index contributed by atoms with van der Waals surface area (Å²) in [6, 6.07) is 0. The lowest BCUT2D eigenvalue weighted by atomic mass is 9.73. The molecular weight excluding hydrogens is 372 g/mol. The number of carbonyl (C=O) groups excluding carboxylic acids is 2. The number of rotatable bonds is 2. The van der Waals surface area contributed by atoms with E-state index in [0.29, 0.717) is 0 Å². The Balaban J connectivity index is 0.000000239. The monoisotopic (exact) mass is 418 g/mol. The van der Waals surface area contributed by atoms with Crippen LogP contribution in [0.15, 0.2) is 0 Å². The molecule has 0 saturated heterocycles. The molecule has 4 rings (SSSR count). The van der Waals surface area contributed by atoms with Gasteiger partial charge in [0.05, 0.1) is 0 Å². The number of nitrogens with one attached hydrogen (secondary N) is 2. The second-order valence-corrected chi connectivity index (χ2v) is 9.80. The van der Waals surface area contributed by atoms with Crippen LogP contribution in [0, 0.1) is 34.5 Å². The van der Waals surface area contributed by atoms with Crippen LogP contribution in [0.25, 0.3) is 0 Å². The normalized spacial score (nSPS) is 23.7. The smallest absolute Gasteiger partial charge is 0.222 e. The van der Waals surface area contributed by atoms with Gasteiger partial charge in [0.15, 0.2) is 0 Å². The average molecular weight is 419 g/mol. The van der Waals surface area contributed by atoms with Crippen molar-refractivity contribution in [2.75, 3.05) is 0 Å². The molecular formula is C26H46N2O2. The van der Waals surface area contributed by atoms with Crippen molar-refractivity contribution < 1.29 is 9.59 Å². The zero-order valence-corrected chi connectivity index (χ0v) is 19.3. The van der Waals surface area contributed by atoms with E-state index in [0.717, 1.165) is 35.8 Å². The fourth-order valence-corrected chi connectivity index (χ4v) is 6.42. The van der Waals surface area contributed by atoms with Gasteiger partial charge in [-0.05, 0) is 23.7 Å². The van der Waals surface area contributed by atoms with E-state index in [-0.39, 0.29) is 0 Å². The average Bonchev–Trinajstić information content (AvgIpc) is 2.83. The van der Waals surface area contributed by atoms with Crippen molar-refractivity contribution in [3.63, 3.8) is 0 Å². The molecule has 30 heavy (non-hydrogen) atoms. The molecule has 4 nitrogen and oxygen atoms in total. The lowest BCUT2D eigenvalue weighted by Crippen LogP contribution is -2.20. The maximum Gasteiger partial charge on any atom is 0.231 e. The molecule has 0 unspecified atom stereocenters. The first-order valence-corrected chi connectivity index (χ1v) is 12.8. The first kappa shape index (κ1) is 26.8. The molecule has 0 aromatic rings. The molecule has 172 valence electrons. The van der Waals surface area contributed by atoms with Crippen LogP contribution in [0.2, 0.25) is 0 Å². The van der Waals surface area contributed by atoms with E-state index in [1.54, 1.807) is 51.4 Å². The minimum absolute atomic E-state index is 0.750. The maximum absolute atomic E-state index is 8.35. The molecule has 4 heteroatoms. The van der Waals surface area contributed by atoms with Gasteiger partial charge in [-0.2, -0.15) is 0 Å². The van der Waals surface area contributed by atoms with Crippen molar-refractivity contribution in [3.05, 3.63) is 0 Å². The molecule has 0 heterocycles. The van der Waals surface area contributed by atoms with Crippen molar-refractivity contribution in [2.24, 2.45) is 23.7 Å². The molecule has 0 aromatic heterocycles. The van der Waals surface area contributed by atoms with Crippen LogP contribution < -0.4 is 0 Å².